The van der Waals surface area contributed by atoms with Gasteiger partial charge in [0.1, 0.15) is 4.99 Å². The van der Waals surface area contributed by atoms with E-state index in [0.717, 1.165) is 28.9 Å². The van der Waals surface area contributed by atoms with Crippen molar-refractivity contribution in [2.75, 3.05) is 5.32 Å². The zero-order valence-corrected chi connectivity index (χ0v) is 12.7. The summed E-state index contributed by atoms with van der Waals surface area (Å²) >= 11 is 5.12. The molecule has 5 heteroatoms. The molecular weight excluding hydrogens is 268 g/mol. The maximum Gasteiger partial charge on any atom is 0.163 e. The Hall–Kier alpha value is -2.01. The normalized spacial score (nSPS) is 10.3. The molecule has 2 rings (SSSR count). The fraction of sp³-hybridized carbons (Fsp3) is 0.267. The maximum atomic E-state index is 5.81. The van der Waals surface area contributed by atoms with Crippen molar-refractivity contribution < 1.29 is 0 Å². The third-order valence-corrected chi connectivity index (χ3v) is 3.53. The predicted octanol–water partition coefficient (Wildman–Crippen LogP) is 3.03. The summed E-state index contributed by atoms with van der Waals surface area (Å²) in [4.78, 5) is 0.327. The summed E-state index contributed by atoms with van der Waals surface area (Å²) in [6, 6.07) is 8.19. The number of thiocarbonyl (C=S) groups is 1. The van der Waals surface area contributed by atoms with E-state index in [1.165, 1.54) is 5.56 Å². The van der Waals surface area contributed by atoms with Gasteiger partial charge in [-0.25, -0.2) is 0 Å². The van der Waals surface area contributed by atoms with Crippen LogP contribution in [0.25, 0.3) is 0 Å². The molecule has 3 N–H and O–H groups in total. The van der Waals surface area contributed by atoms with Crippen LogP contribution in [-0.4, -0.2) is 15.2 Å². The van der Waals surface area contributed by atoms with Crippen LogP contribution in [0.1, 0.15) is 29.3 Å². The van der Waals surface area contributed by atoms with E-state index in [4.69, 9.17) is 18.0 Å². The van der Waals surface area contributed by atoms with E-state index >= 15 is 0 Å². The van der Waals surface area contributed by atoms with Crippen LogP contribution in [-0.2, 0) is 6.42 Å². The lowest BCUT2D eigenvalue weighted by atomic mass is 10.1. The molecule has 2 aromatic rings. The smallest absolute Gasteiger partial charge is 0.163 e. The topological polar surface area (TPSA) is 63.8 Å². The van der Waals surface area contributed by atoms with E-state index in [9.17, 15) is 0 Å². The molecule has 1 aromatic heterocycles. The fourth-order valence-corrected chi connectivity index (χ4v) is 2.21. The number of hydrogen-bond donors (Lipinski definition) is 2. The van der Waals surface area contributed by atoms with Gasteiger partial charge in [0, 0.05) is 5.69 Å². The van der Waals surface area contributed by atoms with E-state index in [-0.39, 0.29) is 0 Å². The summed E-state index contributed by atoms with van der Waals surface area (Å²) in [7, 11) is 0. The first-order valence-corrected chi connectivity index (χ1v) is 6.93. The van der Waals surface area contributed by atoms with Crippen LogP contribution < -0.4 is 11.1 Å². The molecular formula is C15H18N4S. The predicted molar refractivity (Wildman–Crippen MR) is 86.5 cm³/mol. The second-order valence-corrected chi connectivity index (χ2v) is 5.11. The average Bonchev–Trinajstić information content (AvgIpc) is 2.43. The number of hydrogen-bond acceptors (Lipinski definition) is 4. The molecule has 0 bridgehead atoms. The summed E-state index contributed by atoms with van der Waals surface area (Å²) in [6.45, 7) is 5.97. The second kappa shape index (κ2) is 5.96. The molecule has 0 saturated heterocycles. The Kier molecular flexibility index (Phi) is 4.29. The zero-order valence-electron chi connectivity index (χ0n) is 11.9. The average molecular weight is 286 g/mol. The Morgan fingerprint density at radius 1 is 1.20 bits per heavy atom. The lowest BCUT2D eigenvalue weighted by Gasteiger charge is -2.13. The minimum atomic E-state index is 0.327. The molecule has 104 valence electrons. The van der Waals surface area contributed by atoms with Gasteiger partial charge in [0.2, 0.25) is 0 Å². The lowest BCUT2D eigenvalue weighted by Crippen LogP contribution is -2.16. The van der Waals surface area contributed by atoms with Crippen molar-refractivity contribution >= 4 is 28.7 Å². The molecule has 0 aliphatic carbocycles. The Morgan fingerprint density at radius 3 is 2.40 bits per heavy atom. The molecule has 0 amide bonds. The summed E-state index contributed by atoms with van der Waals surface area (Å²) in [5.41, 5.74) is 10.6. The molecule has 0 unspecified atom stereocenters. The summed E-state index contributed by atoms with van der Waals surface area (Å²) in [5, 5.41) is 11.5. The third kappa shape index (κ3) is 2.93. The zero-order chi connectivity index (χ0) is 14.7. The number of anilines is 2. The largest absolute Gasteiger partial charge is 0.389 e. The van der Waals surface area contributed by atoms with Crippen molar-refractivity contribution in [3.63, 3.8) is 0 Å². The summed E-state index contributed by atoms with van der Waals surface area (Å²) < 4.78 is 0. The van der Waals surface area contributed by atoms with Crippen LogP contribution in [0.4, 0.5) is 11.5 Å². The van der Waals surface area contributed by atoms with Gasteiger partial charge in [-0.15, -0.1) is 5.10 Å². The van der Waals surface area contributed by atoms with E-state index in [1.807, 2.05) is 26.0 Å². The fourth-order valence-electron chi connectivity index (χ4n) is 1.96. The highest BCUT2D eigenvalue weighted by Crippen LogP contribution is 2.22. The molecule has 4 nitrogen and oxygen atoms in total. The monoisotopic (exact) mass is 286 g/mol. The van der Waals surface area contributed by atoms with Crippen molar-refractivity contribution in [2.24, 2.45) is 5.73 Å². The first-order valence-electron chi connectivity index (χ1n) is 6.52. The van der Waals surface area contributed by atoms with Gasteiger partial charge >= 0.3 is 0 Å². The van der Waals surface area contributed by atoms with Gasteiger partial charge in [0.05, 0.1) is 11.3 Å². The van der Waals surface area contributed by atoms with E-state index in [1.54, 1.807) is 0 Å². The van der Waals surface area contributed by atoms with Crippen LogP contribution in [0.15, 0.2) is 24.3 Å². The van der Waals surface area contributed by atoms with Crippen molar-refractivity contribution in [2.45, 2.75) is 27.2 Å². The van der Waals surface area contributed by atoms with Crippen LogP contribution >= 0.6 is 12.2 Å². The summed E-state index contributed by atoms with van der Waals surface area (Å²) in [6.07, 6.45) is 1.02. The molecule has 1 aromatic carbocycles. The van der Waals surface area contributed by atoms with Crippen LogP contribution in [0.2, 0.25) is 0 Å². The number of aromatic nitrogens is 2. The molecule has 0 radical (unpaired) electrons. The molecule has 0 aliphatic rings. The first kappa shape index (κ1) is 14.4. The van der Waals surface area contributed by atoms with Crippen molar-refractivity contribution in [3.8, 4) is 0 Å². The summed E-state index contributed by atoms with van der Waals surface area (Å²) in [5.74, 6) is 0.602. The third-order valence-electron chi connectivity index (χ3n) is 3.33. The molecule has 20 heavy (non-hydrogen) atoms. The molecule has 0 aliphatic heterocycles. The van der Waals surface area contributed by atoms with E-state index in [2.05, 4.69) is 34.6 Å². The highest BCUT2D eigenvalue weighted by atomic mass is 32.1. The quantitative estimate of drug-likeness (QED) is 0.846. The minimum Gasteiger partial charge on any atom is -0.389 e. The first-order chi connectivity index (χ1) is 9.52. The Balaban J connectivity index is 2.37. The standard InChI is InChI=1S/C15H18N4S/c1-4-11-5-7-12(8-6-11)17-15-13(14(16)20)9(2)10(3)18-19-15/h5-8H,4H2,1-3H3,(H2,16,20)(H,17,19). The highest BCUT2D eigenvalue weighted by Gasteiger charge is 2.13. The van der Waals surface area contributed by atoms with Crippen LogP contribution in [0, 0.1) is 13.8 Å². The van der Waals surface area contributed by atoms with Crippen LogP contribution in [0.5, 0.6) is 0 Å². The van der Waals surface area contributed by atoms with Gasteiger partial charge in [-0.1, -0.05) is 31.3 Å². The van der Waals surface area contributed by atoms with Gasteiger partial charge in [-0.3, -0.25) is 0 Å². The van der Waals surface area contributed by atoms with E-state index < -0.39 is 0 Å². The van der Waals surface area contributed by atoms with Gasteiger partial charge < -0.3 is 11.1 Å². The number of nitrogens with zero attached hydrogens (tertiary/aromatic N) is 2. The van der Waals surface area contributed by atoms with Gasteiger partial charge in [-0.2, -0.15) is 5.10 Å². The number of nitrogens with two attached hydrogens (primary N) is 1. The van der Waals surface area contributed by atoms with Crippen molar-refractivity contribution in [3.05, 3.63) is 46.6 Å². The van der Waals surface area contributed by atoms with Gasteiger partial charge in [-0.05, 0) is 43.5 Å². The van der Waals surface area contributed by atoms with Crippen LogP contribution in [0.3, 0.4) is 0 Å². The number of benzene rings is 1. The number of nitrogens with one attached hydrogen (secondary N) is 1. The maximum absolute atomic E-state index is 5.81. The second-order valence-electron chi connectivity index (χ2n) is 4.67. The minimum absolute atomic E-state index is 0.327. The Labute approximate surface area is 124 Å². The lowest BCUT2D eigenvalue weighted by molar-refractivity contribution is 0.963. The van der Waals surface area contributed by atoms with Gasteiger partial charge in [0.15, 0.2) is 5.82 Å². The highest BCUT2D eigenvalue weighted by molar-refractivity contribution is 7.80. The number of rotatable bonds is 4. The van der Waals surface area contributed by atoms with Crippen molar-refractivity contribution in [1.82, 2.24) is 10.2 Å². The molecule has 0 fully saturated rings. The molecule has 0 saturated carbocycles. The molecule has 0 atom stereocenters. The van der Waals surface area contributed by atoms with Gasteiger partial charge in [0.25, 0.3) is 0 Å². The molecule has 0 spiro atoms. The Bertz CT molecular complexity index is 635. The van der Waals surface area contributed by atoms with E-state index in [0.29, 0.717) is 10.8 Å². The SMILES string of the molecule is CCc1ccc(Nc2nnc(C)c(C)c2C(N)=S)cc1. The Morgan fingerprint density at radius 2 is 1.85 bits per heavy atom. The van der Waals surface area contributed by atoms with Crippen molar-refractivity contribution in [1.29, 1.82) is 0 Å². The number of aryl methyl sites for hydroxylation is 2. The molecule has 1 heterocycles.